The third-order valence-electron chi connectivity index (χ3n) is 10.1. The van der Waals surface area contributed by atoms with Crippen LogP contribution in [0.1, 0.15) is 60.3 Å². The van der Waals surface area contributed by atoms with E-state index in [0.29, 0.717) is 35.7 Å². The highest BCUT2D eigenvalue weighted by Crippen LogP contribution is 2.42. The lowest BCUT2D eigenvalue weighted by molar-refractivity contribution is -0.136. The van der Waals surface area contributed by atoms with Crippen LogP contribution in [-0.2, 0) is 26.3 Å². The van der Waals surface area contributed by atoms with Gasteiger partial charge in [0.05, 0.1) is 16.6 Å². The molecular weight excluding hydrogens is 635 g/mol. The number of rotatable bonds is 7. The number of imidazole rings is 1. The van der Waals surface area contributed by atoms with E-state index in [0.717, 1.165) is 21.9 Å². The number of fused-ring (bicyclic) bond motifs is 4. The van der Waals surface area contributed by atoms with Crippen molar-refractivity contribution in [3.63, 3.8) is 0 Å². The van der Waals surface area contributed by atoms with Gasteiger partial charge in [-0.25, -0.2) is 9.78 Å². The van der Waals surface area contributed by atoms with Gasteiger partial charge in [0.1, 0.15) is 17.0 Å². The van der Waals surface area contributed by atoms with Crippen molar-refractivity contribution in [3.8, 4) is 11.4 Å². The lowest BCUT2D eigenvalue weighted by atomic mass is 9.83. The van der Waals surface area contributed by atoms with Crippen molar-refractivity contribution in [2.24, 2.45) is 7.05 Å². The lowest BCUT2D eigenvalue weighted by Crippen LogP contribution is -2.22. The molecule has 0 saturated heterocycles. The van der Waals surface area contributed by atoms with Crippen LogP contribution in [0.5, 0.6) is 0 Å². The Labute approximate surface area is 287 Å². The van der Waals surface area contributed by atoms with Gasteiger partial charge in [0.15, 0.2) is 0 Å². The quantitative estimate of drug-likeness (QED) is 0.158. The molecule has 0 radical (unpaired) electrons. The number of halogens is 3. The van der Waals surface area contributed by atoms with Crippen molar-refractivity contribution >= 4 is 38.5 Å². The van der Waals surface area contributed by atoms with Crippen LogP contribution in [0.3, 0.4) is 0 Å². The fourth-order valence-electron chi connectivity index (χ4n) is 7.70. The molecule has 2 aromatic heterocycles. The van der Waals surface area contributed by atoms with Crippen LogP contribution in [0.15, 0.2) is 118 Å². The van der Waals surface area contributed by atoms with Crippen LogP contribution in [0.2, 0.25) is 0 Å². The predicted molar refractivity (Wildman–Crippen MR) is 193 cm³/mol. The molecule has 0 bridgehead atoms. The fraction of sp³-hybridized carbons (Fsp3) is 0.238. The molecule has 0 atom stereocenters. The molecule has 1 aliphatic rings. The van der Waals surface area contributed by atoms with Crippen molar-refractivity contribution in [1.82, 2.24) is 9.55 Å². The summed E-state index contributed by atoms with van der Waals surface area (Å²) in [6, 6.07) is 34.4. The average molecular weight is 672 g/mol. The van der Waals surface area contributed by atoms with Gasteiger partial charge in [-0.05, 0) is 59.0 Å². The van der Waals surface area contributed by atoms with E-state index in [9.17, 15) is 4.79 Å². The highest BCUT2D eigenvalue weighted by molar-refractivity contribution is 6.06. The van der Waals surface area contributed by atoms with Gasteiger partial charge in [-0.2, -0.15) is 13.2 Å². The van der Waals surface area contributed by atoms with Crippen molar-refractivity contribution in [3.05, 3.63) is 142 Å². The van der Waals surface area contributed by atoms with Crippen LogP contribution in [0.25, 0.3) is 44.2 Å². The molecule has 5 aromatic carbocycles. The average Bonchev–Trinajstić information content (AvgIpc) is 3.47. The third-order valence-corrected chi connectivity index (χ3v) is 10.1. The van der Waals surface area contributed by atoms with Crippen LogP contribution in [0.4, 0.5) is 18.9 Å². The van der Waals surface area contributed by atoms with Gasteiger partial charge >= 0.3 is 11.8 Å². The summed E-state index contributed by atoms with van der Waals surface area (Å²) in [4.78, 5) is 20.4. The maximum atomic E-state index is 15.1. The molecule has 0 aliphatic heterocycles. The van der Waals surface area contributed by atoms with Gasteiger partial charge in [0.25, 0.3) is 0 Å². The Balaban J connectivity index is 1.25. The second-order valence-corrected chi connectivity index (χ2v) is 13.4. The van der Waals surface area contributed by atoms with E-state index in [1.54, 1.807) is 17.7 Å². The second-order valence-electron chi connectivity index (χ2n) is 13.4. The molecule has 0 amide bonds. The number of hydrogen-bond acceptors (Lipinski definition) is 4. The van der Waals surface area contributed by atoms with Crippen molar-refractivity contribution in [2.75, 3.05) is 4.90 Å². The molecule has 2 heterocycles. The molecule has 50 heavy (non-hydrogen) atoms. The Morgan fingerprint density at radius 3 is 2.12 bits per heavy atom. The van der Waals surface area contributed by atoms with E-state index >= 15 is 13.2 Å². The SMILES string of the molecule is Cn1c(-c2c(C(F)(F)F)c3ccc(N(Cc4ccccc4)Cc4ccccc4)cc3oc2=O)nc2ccc3cc(C4CCCCC4)ccc3c21. The zero-order valence-corrected chi connectivity index (χ0v) is 27.7. The highest BCUT2D eigenvalue weighted by Gasteiger charge is 2.40. The van der Waals surface area contributed by atoms with Gasteiger partial charge in [0, 0.05) is 42.7 Å². The smallest absolute Gasteiger partial charge is 0.418 e. The summed E-state index contributed by atoms with van der Waals surface area (Å²) >= 11 is 0. The number of anilines is 1. The van der Waals surface area contributed by atoms with Gasteiger partial charge < -0.3 is 13.9 Å². The monoisotopic (exact) mass is 671 g/mol. The number of hydrogen-bond donors (Lipinski definition) is 0. The maximum Gasteiger partial charge on any atom is 0.418 e. The Morgan fingerprint density at radius 1 is 0.800 bits per heavy atom. The summed E-state index contributed by atoms with van der Waals surface area (Å²) in [6.07, 6.45) is 1.21. The van der Waals surface area contributed by atoms with E-state index in [2.05, 4.69) is 22.0 Å². The van der Waals surface area contributed by atoms with Crippen molar-refractivity contribution in [2.45, 2.75) is 57.3 Å². The predicted octanol–water partition coefficient (Wildman–Crippen LogP) is 10.8. The molecule has 5 nitrogen and oxygen atoms in total. The largest absolute Gasteiger partial charge is 0.422 e. The molecule has 0 unspecified atom stereocenters. The first-order valence-electron chi connectivity index (χ1n) is 17.1. The number of alkyl halides is 3. The Hall–Kier alpha value is -5.37. The fourth-order valence-corrected chi connectivity index (χ4v) is 7.70. The van der Waals surface area contributed by atoms with Crippen LogP contribution in [-0.4, -0.2) is 9.55 Å². The molecule has 8 heteroatoms. The lowest BCUT2D eigenvalue weighted by Gasteiger charge is -2.26. The van der Waals surface area contributed by atoms with Gasteiger partial charge in [-0.3, -0.25) is 0 Å². The minimum Gasteiger partial charge on any atom is -0.422 e. The first-order valence-corrected chi connectivity index (χ1v) is 17.1. The van der Waals surface area contributed by atoms with E-state index in [1.165, 1.54) is 49.8 Å². The first-order chi connectivity index (χ1) is 24.2. The maximum absolute atomic E-state index is 15.1. The third kappa shape index (κ3) is 5.93. The van der Waals surface area contributed by atoms with E-state index in [-0.39, 0.29) is 16.8 Å². The van der Waals surface area contributed by atoms with E-state index in [4.69, 9.17) is 4.42 Å². The standard InChI is InChI=1S/C42H36F3N3O2/c1-47-39-33-20-17-30(29-15-9-4-10-16-29)23-31(33)18-22-35(39)46-40(47)37-38(42(43,44)45)34-21-19-32(24-36(34)50-41(37)49)48(25-27-11-5-2-6-12-27)26-28-13-7-3-8-14-28/h2-3,5-8,11-14,17-24,29H,4,9-10,15-16,25-26H2,1H3. The summed E-state index contributed by atoms with van der Waals surface area (Å²) in [6.45, 7) is 1.01. The summed E-state index contributed by atoms with van der Waals surface area (Å²) < 4.78 is 52.7. The summed E-state index contributed by atoms with van der Waals surface area (Å²) in [5, 5.41) is 1.69. The number of aromatic nitrogens is 2. The number of benzene rings is 5. The number of nitrogens with zero attached hydrogens (tertiary/aromatic N) is 3. The molecule has 7 aromatic rings. The molecule has 1 aliphatic carbocycles. The highest BCUT2D eigenvalue weighted by atomic mass is 19.4. The topological polar surface area (TPSA) is 51.3 Å². The van der Waals surface area contributed by atoms with E-state index < -0.39 is 22.9 Å². The van der Waals surface area contributed by atoms with Crippen molar-refractivity contribution < 1.29 is 17.6 Å². The molecular formula is C42H36F3N3O2. The summed E-state index contributed by atoms with van der Waals surface area (Å²) in [7, 11) is 1.66. The molecule has 252 valence electrons. The van der Waals surface area contributed by atoms with Gasteiger partial charge in [-0.1, -0.05) is 104 Å². The van der Waals surface area contributed by atoms with Crippen LogP contribution < -0.4 is 10.5 Å². The van der Waals surface area contributed by atoms with Crippen LogP contribution >= 0.6 is 0 Å². The second kappa shape index (κ2) is 12.8. The van der Waals surface area contributed by atoms with Crippen molar-refractivity contribution in [1.29, 1.82) is 0 Å². The molecule has 1 saturated carbocycles. The Bertz CT molecular complexity index is 2350. The molecule has 0 N–H and O–H groups in total. The molecule has 1 fully saturated rings. The summed E-state index contributed by atoms with van der Waals surface area (Å²) in [5.41, 5.74) is 2.34. The minimum atomic E-state index is -4.85. The first kappa shape index (κ1) is 31.9. The minimum absolute atomic E-state index is 0.0781. The normalized spacial score (nSPS) is 14.2. The zero-order chi connectivity index (χ0) is 34.4. The molecule has 0 spiro atoms. The molecule has 8 rings (SSSR count). The number of aryl methyl sites for hydroxylation is 1. The van der Waals surface area contributed by atoms with Gasteiger partial charge in [0.2, 0.25) is 0 Å². The van der Waals surface area contributed by atoms with E-state index in [1.807, 2.05) is 78.9 Å². The zero-order valence-electron chi connectivity index (χ0n) is 27.7. The summed E-state index contributed by atoms with van der Waals surface area (Å²) in [5.74, 6) is 0.442. The van der Waals surface area contributed by atoms with Crippen LogP contribution in [0, 0.1) is 0 Å². The van der Waals surface area contributed by atoms with Gasteiger partial charge in [-0.15, -0.1) is 0 Å². The Morgan fingerprint density at radius 2 is 1.46 bits per heavy atom. The Kier molecular flexibility index (Phi) is 8.17.